The standard InChI is InChI=1S/2C8H10O3.2C7H10O3.C5H6O4.C5H6O3/c2*1-7(9)5-3-2-4-6-8(10)11;2*1-6(8)4-2-3-5-7(9)10;6-4(7)2-1-3-5(8)9;1-4(6)2-3-5(7)8/h3-6H,2H2,1H3,(H,10,11);2-5H,6H2,1H3,(H,10,11);3,5H,2,4H2,1H3,(H,9,10);2-3H,4-5H2,1H3,(H,9,10);1-2H,3H2,(H,6,7)(H,8,9);2-3H,1H3,(H,7,8)/b5-3+,6-4+;4-2+,5-3+;5-3+;3-2+;2-1+;3-2+. The number of aliphatic carboxylic acids is 7. The normalized spacial score (nSPS) is 10.3. The molecule has 0 fully saturated rings. The number of Topliss-reactive ketones (excluding diaryl/α,β-unsaturated/α-hetero) is 2. The van der Waals surface area contributed by atoms with E-state index >= 15 is 0 Å². The van der Waals surface area contributed by atoms with Crippen molar-refractivity contribution < 1.29 is 93.3 Å². The lowest BCUT2D eigenvalue weighted by Crippen LogP contribution is -1.92. The van der Waals surface area contributed by atoms with Gasteiger partial charge in [-0.05, 0) is 65.7 Å². The summed E-state index contributed by atoms with van der Waals surface area (Å²) in [4.78, 5) is 120. The lowest BCUT2D eigenvalue weighted by molar-refractivity contribution is -0.137. The number of carboxylic acid groups (broad SMARTS) is 7. The van der Waals surface area contributed by atoms with Crippen LogP contribution < -0.4 is 0 Å². The summed E-state index contributed by atoms with van der Waals surface area (Å²) in [5, 5.41) is 56.4. The van der Waals surface area contributed by atoms with Gasteiger partial charge in [-0.3, -0.25) is 33.6 Å². The van der Waals surface area contributed by atoms with Crippen LogP contribution in [0, 0.1) is 0 Å². The fraction of sp³-hybridized carbons (Fsp3) is 0.300. The molecule has 0 bridgehead atoms. The molecule has 0 aromatic carbocycles. The molecule has 0 amide bonds. The van der Waals surface area contributed by atoms with Gasteiger partial charge in [0.1, 0.15) is 11.6 Å². The SMILES string of the molecule is CC(=O)/C=C/C(=O)O.CC(=O)/C=C/C/C=C/C(=O)O.CC(=O)/C=C/C=C/CC(=O)O.CC(=O)C/C=C/CC(=O)O.CC(=O)CC/C=C/C(=O)O.O=C(O)/C=C/CC(=O)O. The number of rotatable bonds is 21. The Hall–Kier alpha value is -7.44. The summed E-state index contributed by atoms with van der Waals surface area (Å²) in [7, 11) is 0. The molecule has 0 saturated carbocycles. The highest BCUT2D eigenvalue weighted by molar-refractivity contribution is 5.93. The molecule has 0 unspecified atom stereocenters. The summed E-state index contributed by atoms with van der Waals surface area (Å²) >= 11 is 0. The first-order valence-electron chi connectivity index (χ1n) is 16.7. The molecule has 0 aromatic rings. The Labute approximate surface area is 340 Å². The maximum atomic E-state index is 10.3. The molecule has 326 valence electrons. The maximum Gasteiger partial charge on any atom is 0.328 e. The topological polar surface area (TPSA) is 346 Å². The third-order valence-corrected chi connectivity index (χ3v) is 4.56. The van der Waals surface area contributed by atoms with E-state index in [1.165, 1.54) is 83.2 Å². The molecule has 0 radical (unpaired) electrons. The van der Waals surface area contributed by atoms with Gasteiger partial charge in [0.2, 0.25) is 0 Å². The Bertz CT molecular complexity index is 1560. The fourth-order valence-electron chi connectivity index (χ4n) is 2.27. The van der Waals surface area contributed by atoms with Crippen LogP contribution in [-0.2, 0) is 57.5 Å². The van der Waals surface area contributed by atoms with Gasteiger partial charge in [-0.1, -0.05) is 54.7 Å². The zero-order valence-electron chi connectivity index (χ0n) is 33.2. The van der Waals surface area contributed by atoms with Crippen molar-refractivity contribution in [1.82, 2.24) is 0 Å². The van der Waals surface area contributed by atoms with Crippen molar-refractivity contribution in [3.05, 3.63) is 97.2 Å². The monoisotopic (exact) mass is 836 g/mol. The molecule has 0 heterocycles. The number of hydrogen-bond donors (Lipinski definition) is 7. The van der Waals surface area contributed by atoms with E-state index in [2.05, 4.69) is 0 Å². The molecule has 0 aliphatic rings. The van der Waals surface area contributed by atoms with Crippen molar-refractivity contribution in [2.24, 2.45) is 0 Å². The lowest BCUT2D eigenvalue weighted by atomic mass is 10.2. The van der Waals surface area contributed by atoms with E-state index in [1.807, 2.05) is 0 Å². The van der Waals surface area contributed by atoms with Crippen LogP contribution in [0.5, 0.6) is 0 Å². The smallest absolute Gasteiger partial charge is 0.328 e. The zero-order chi connectivity index (χ0) is 47.2. The first-order valence-corrected chi connectivity index (χ1v) is 16.7. The Morgan fingerprint density at radius 3 is 1.08 bits per heavy atom. The van der Waals surface area contributed by atoms with Gasteiger partial charge in [0.25, 0.3) is 0 Å². The zero-order valence-corrected chi connectivity index (χ0v) is 33.2. The average molecular weight is 837 g/mol. The molecular weight excluding hydrogens is 784 g/mol. The van der Waals surface area contributed by atoms with Crippen molar-refractivity contribution in [2.75, 3.05) is 0 Å². The second-order valence-corrected chi connectivity index (χ2v) is 10.6. The number of hydrogen-bond acceptors (Lipinski definition) is 12. The molecule has 0 spiro atoms. The number of carbonyl (C=O) groups is 12. The van der Waals surface area contributed by atoms with Crippen LogP contribution in [0.2, 0.25) is 0 Å². The van der Waals surface area contributed by atoms with Crippen LogP contribution in [0.3, 0.4) is 0 Å². The molecule has 0 atom stereocenters. The van der Waals surface area contributed by atoms with E-state index in [-0.39, 0.29) is 48.2 Å². The highest BCUT2D eigenvalue weighted by atomic mass is 16.4. The molecule has 0 rings (SSSR count). The van der Waals surface area contributed by atoms with Crippen molar-refractivity contribution in [2.45, 2.75) is 79.6 Å². The minimum absolute atomic E-state index is 0.00667. The highest BCUT2D eigenvalue weighted by Crippen LogP contribution is 1.91. The third-order valence-electron chi connectivity index (χ3n) is 4.56. The van der Waals surface area contributed by atoms with Crippen molar-refractivity contribution in [1.29, 1.82) is 0 Å². The largest absolute Gasteiger partial charge is 0.481 e. The minimum atomic E-state index is -1.13. The summed E-state index contributed by atoms with van der Waals surface area (Å²) in [5.74, 6) is -7.17. The van der Waals surface area contributed by atoms with E-state index in [1.54, 1.807) is 12.2 Å². The Balaban J connectivity index is -0.000000143. The molecule has 0 aromatic heterocycles. The molecule has 59 heavy (non-hydrogen) atoms. The van der Waals surface area contributed by atoms with E-state index < -0.39 is 41.8 Å². The minimum Gasteiger partial charge on any atom is -0.481 e. The number of allylic oxidation sites excluding steroid dienone is 9. The molecule has 0 aliphatic carbocycles. The summed E-state index contributed by atoms with van der Waals surface area (Å²) in [6.07, 6.45) is 22.2. The quantitative estimate of drug-likeness (QED) is 0.0470. The molecular formula is C40H52O19. The first kappa shape index (κ1) is 63.5. The number of ketones is 5. The summed E-state index contributed by atoms with van der Waals surface area (Å²) in [6, 6.07) is 0. The van der Waals surface area contributed by atoms with Gasteiger partial charge in [0.05, 0.1) is 19.3 Å². The van der Waals surface area contributed by atoms with Crippen LogP contribution in [0.4, 0.5) is 0 Å². The maximum absolute atomic E-state index is 10.3. The Morgan fingerprint density at radius 1 is 0.339 bits per heavy atom. The predicted octanol–water partition coefficient (Wildman–Crippen LogP) is 4.64. The van der Waals surface area contributed by atoms with Crippen molar-refractivity contribution >= 4 is 70.7 Å². The predicted molar refractivity (Wildman–Crippen MR) is 212 cm³/mol. The molecule has 0 aliphatic heterocycles. The Kier molecular flexibility index (Phi) is 50.3. The number of carbonyl (C=O) groups excluding carboxylic acids is 5. The van der Waals surface area contributed by atoms with E-state index in [9.17, 15) is 57.5 Å². The van der Waals surface area contributed by atoms with Crippen molar-refractivity contribution in [3.8, 4) is 0 Å². The molecule has 19 heteroatoms. The van der Waals surface area contributed by atoms with Gasteiger partial charge in [-0.15, -0.1) is 0 Å². The fourth-order valence-corrected chi connectivity index (χ4v) is 2.27. The van der Waals surface area contributed by atoms with Crippen molar-refractivity contribution in [3.63, 3.8) is 0 Å². The second kappa shape index (κ2) is 46.7. The first-order chi connectivity index (χ1) is 27.3. The van der Waals surface area contributed by atoms with Gasteiger partial charge >= 0.3 is 41.8 Å². The number of carboxylic acids is 7. The summed E-state index contributed by atoms with van der Waals surface area (Å²) < 4.78 is 0. The Morgan fingerprint density at radius 2 is 0.712 bits per heavy atom. The van der Waals surface area contributed by atoms with E-state index in [0.717, 1.165) is 36.5 Å². The molecule has 0 saturated heterocycles. The van der Waals surface area contributed by atoms with Crippen LogP contribution >= 0.6 is 0 Å². The van der Waals surface area contributed by atoms with Crippen LogP contribution in [-0.4, -0.2) is 106 Å². The van der Waals surface area contributed by atoms with Crippen LogP contribution in [0.15, 0.2) is 97.2 Å². The second-order valence-electron chi connectivity index (χ2n) is 10.6. The van der Waals surface area contributed by atoms with E-state index in [4.69, 9.17) is 35.7 Å². The van der Waals surface area contributed by atoms with Gasteiger partial charge in [0.15, 0.2) is 17.3 Å². The van der Waals surface area contributed by atoms with Gasteiger partial charge in [0, 0.05) is 37.1 Å². The lowest BCUT2D eigenvalue weighted by Gasteiger charge is -1.85. The van der Waals surface area contributed by atoms with Gasteiger partial charge in [-0.2, -0.15) is 0 Å². The third kappa shape index (κ3) is 106. The van der Waals surface area contributed by atoms with Gasteiger partial charge < -0.3 is 40.5 Å². The van der Waals surface area contributed by atoms with Crippen LogP contribution in [0.25, 0.3) is 0 Å². The van der Waals surface area contributed by atoms with E-state index in [0.29, 0.717) is 25.7 Å². The highest BCUT2D eigenvalue weighted by Gasteiger charge is 1.92. The molecule has 7 N–H and O–H groups in total. The van der Waals surface area contributed by atoms with Gasteiger partial charge in [-0.25, -0.2) is 19.2 Å². The summed E-state index contributed by atoms with van der Waals surface area (Å²) in [6.45, 7) is 7.11. The molecule has 19 nitrogen and oxygen atoms in total. The van der Waals surface area contributed by atoms with Crippen LogP contribution in [0.1, 0.15) is 79.6 Å². The average Bonchev–Trinajstić information content (AvgIpc) is 3.08. The summed E-state index contributed by atoms with van der Waals surface area (Å²) in [5.41, 5.74) is 0.